The van der Waals surface area contributed by atoms with Gasteiger partial charge in [-0.2, -0.15) is 0 Å². The SMILES string of the molecule is CC(C)C(C)CC(N)C1(C)CCCCCCCCCCCCC1. The minimum atomic E-state index is 0.368. The summed E-state index contributed by atoms with van der Waals surface area (Å²) >= 11 is 0. The second-order valence-electron chi connectivity index (χ2n) is 9.11. The molecular formula is C22H45N. The van der Waals surface area contributed by atoms with E-state index in [1.165, 1.54) is 89.9 Å². The minimum absolute atomic E-state index is 0.368. The largest absolute Gasteiger partial charge is 0.327 e. The van der Waals surface area contributed by atoms with Crippen LogP contribution >= 0.6 is 0 Å². The molecule has 1 nitrogen and oxygen atoms in total. The minimum Gasteiger partial charge on any atom is -0.327 e. The Bertz CT molecular complexity index is 270. The van der Waals surface area contributed by atoms with Gasteiger partial charge in [0.2, 0.25) is 0 Å². The van der Waals surface area contributed by atoms with Crippen molar-refractivity contribution in [1.82, 2.24) is 0 Å². The van der Waals surface area contributed by atoms with Crippen LogP contribution in [0.4, 0.5) is 0 Å². The molecule has 0 heterocycles. The summed E-state index contributed by atoms with van der Waals surface area (Å²) in [7, 11) is 0. The van der Waals surface area contributed by atoms with Gasteiger partial charge in [0.1, 0.15) is 0 Å². The van der Waals surface area contributed by atoms with Crippen LogP contribution in [0.15, 0.2) is 0 Å². The summed E-state index contributed by atoms with van der Waals surface area (Å²) in [6.45, 7) is 9.56. The monoisotopic (exact) mass is 323 g/mol. The second kappa shape index (κ2) is 11.5. The standard InChI is InChI=1S/C22H45N/c1-19(2)20(3)18-21(23)22(4)16-14-12-10-8-6-5-7-9-11-13-15-17-22/h19-21H,5-18,23H2,1-4H3. The van der Waals surface area contributed by atoms with Crippen molar-refractivity contribution in [3.63, 3.8) is 0 Å². The van der Waals surface area contributed by atoms with E-state index >= 15 is 0 Å². The van der Waals surface area contributed by atoms with Crippen LogP contribution in [0.5, 0.6) is 0 Å². The van der Waals surface area contributed by atoms with Crippen molar-refractivity contribution >= 4 is 0 Å². The van der Waals surface area contributed by atoms with Crippen LogP contribution in [0.1, 0.15) is 118 Å². The van der Waals surface area contributed by atoms with E-state index in [1.54, 1.807) is 0 Å². The van der Waals surface area contributed by atoms with Gasteiger partial charge in [0.15, 0.2) is 0 Å². The Kier molecular flexibility index (Phi) is 10.5. The van der Waals surface area contributed by atoms with Gasteiger partial charge < -0.3 is 5.73 Å². The van der Waals surface area contributed by atoms with Crippen LogP contribution in [-0.4, -0.2) is 6.04 Å². The maximum Gasteiger partial charge on any atom is 0.00955 e. The lowest BCUT2D eigenvalue weighted by molar-refractivity contribution is 0.166. The predicted molar refractivity (Wildman–Crippen MR) is 105 cm³/mol. The third-order valence-corrected chi connectivity index (χ3v) is 6.65. The van der Waals surface area contributed by atoms with Gasteiger partial charge in [-0.25, -0.2) is 0 Å². The van der Waals surface area contributed by atoms with Crippen LogP contribution in [0, 0.1) is 17.3 Å². The summed E-state index contributed by atoms with van der Waals surface area (Å²) in [6, 6.07) is 0.382. The Morgan fingerprint density at radius 1 is 0.696 bits per heavy atom. The van der Waals surface area contributed by atoms with Gasteiger partial charge in [-0.15, -0.1) is 0 Å². The fourth-order valence-corrected chi connectivity index (χ4v) is 4.10. The summed E-state index contributed by atoms with van der Waals surface area (Å²) in [6.07, 6.45) is 19.7. The molecular weight excluding hydrogens is 278 g/mol. The topological polar surface area (TPSA) is 26.0 Å². The van der Waals surface area contributed by atoms with E-state index < -0.39 is 0 Å². The van der Waals surface area contributed by atoms with Gasteiger partial charge in [-0.1, -0.05) is 98.3 Å². The van der Waals surface area contributed by atoms with Crippen molar-refractivity contribution in [3.05, 3.63) is 0 Å². The fraction of sp³-hybridized carbons (Fsp3) is 1.00. The van der Waals surface area contributed by atoms with Crippen molar-refractivity contribution in [2.75, 3.05) is 0 Å². The van der Waals surface area contributed by atoms with E-state index in [0.29, 0.717) is 11.5 Å². The van der Waals surface area contributed by atoms with Crippen molar-refractivity contribution < 1.29 is 0 Å². The second-order valence-corrected chi connectivity index (χ2v) is 9.11. The summed E-state index contributed by atoms with van der Waals surface area (Å²) in [4.78, 5) is 0. The molecule has 0 aromatic heterocycles. The highest BCUT2D eigenvalue weighted by Crippen LogP contribution is 2.37. The first kappa shape index (κ1) is 21.0. The summed E-state index contributed by atoms with van der Waals surface area (Å²) in [5, 5.41) is 0. The normalized spacial score (nSPS) is 24.8. The molecule has 1 aliphatic rings. The molecule has 2 unspecified atom stereocenters. The van der Waals surface area contributed by atoms with Gasteiger partial charge in [0.25, 0.3) is 0 Å². The Balaban J connectivity index is 2.56. The van der Waals surface area contributed by atoms with Crippen molar-refractivity contribution in [1.29, 1.82) is 0 Å². The molecule has 0 aromatic rings. The molecule has 1 saturated carbocycles. The molecule has 1 rings (SSSR count). The maximum absolute atomic E-state index is 6.76. The molecule has 2 N–H and O–H groups in total. The third-order valence-electron chi connectivity index (χ3n) is 6.65. The lowest BCUT2D eigenvalue weighted by Gasteiger charge is -2.38. The highest BCUT2D eigenvalue weighted by atomic mass is 14.7. The molecule has 1 fully saturated rings. The highest BCUT2D eigenvalue weighted by Gasteiger charge is 2.32. The van der Waals surface area contributed by atoms with E-state index in [0.717, 1.165) is 11.8 Å². The highest BCUT2D eigenvalue weighted by molar-refractivity contribution is 4.87. The molecule has 0 amide bonds. The van der Waals surface area contributed by atoms with Crippen LogP contribution < -0.4 is 5.73 Å². The van der Waals surface area contributed by atoms with Crippen LogP contribution in [0.3, 0.4) is 0 Å². The van der Waals surface area contributed by atoms with E-state index in [9.17, 15) is 0 Å². The Morgan fingerprint density at radius 3 is 1.39 bits per heavy atom. The number of hydrogen-bond acceptors (Lipinski definition) is 1. The lowest BCUT2D eigenvalue weighted by Crippen LogP contribution is -2.41. The zero-order valence-electron chi connectivity index (χ0n) is 16.7. The van der Waals surface area contributed by atoms with Crippen molar-refractivity contribution in [2.45, 2.75) is 124 Å². The quantitative estimate of drug-likeness (QED) is 0.587. The number of rotatable bonds is 4. The first-order valence-electron chi connectivity index (χ1n) is 10.7. The Morgan fingerprint density at radius 2 is 1.04 bits per heavy atom. The average Bonchev–Trinajstić information content (AvgIpc) is 2.51. The fourth-order valence-electron chi connectivity index (χ4n) is 4.10. The van der Waals surface area contributed by atoms with Gasteiger partial charge in [-0.05, 0) is 36.5 Å². The third kappa shape index (κ3) is 8.57. The molecule has 0 spiro atoms. The van der Waals surface area contributed by atoms with Crippen LogP contribution in [0.2, 0.25) is 0 Å². The molecule has 23 heavy (non-hydrogen) atoms. The van der Waals surface area contributed by atoms with Gasteiger partial charge in [0.05, 0.1) is 0 Å². The first-order chi connectivity index (χ1) is 11.0. The van der Waals surface area contributed by atoms with Crippen molar-refractivity contribution in [2.24, 2.45) is 23.0 Å². The summed E-state index contributed by atoms with van der Waals surface area (Å²) in [5.41, 5.74) is 7.13. The Hall–Kier alpha value is -0.0400. The van der Waals surface area contributed by atoms with Crippen LogP contribution in [-0.2, 0) is 0 Å². The van der Waals surface area contributed by atoms with E-state index in [4.69, 9.17) is 5.73 Å². The maximum atomic E-state index is 6.76. The number of hydrogen-bond donors (Lipinski definition) is 1. The lowest BCUT2D eigenvalue weighted by atomic mass is 9.70. The molecule has 1 heteroatoms. The molecule has 138 valence electrons. The molecule has 2 atom stereocenters. The Labute approximate surface area is 147 Å². The molecule has 0 aromatic carbocycles. The van der Waals surface area contributed by atoms with Gasteiger partial charge >= 0.3 is 0 Å². The van der Waals surface area contributed by atoms with Gasteiger partial charge in [0, 0.05) is 6.04 Å². The van der Waals surface area contributed by atoms with E-state index in [-0.39, 0.29) is 0 Å². The molecule has 0 aliphatic heterocycles. The average molecular weight is 324 g/mol. The smallest absolute Gasteiger partial charge is 0.00955 e. The van der Waals surface area contributed by atoms with Crippen molar-refractivity contribution in [3.8, 4) is 0 Å². The van der Waals surface area contributed by atoms with Crippen LogP contribution in [0.25, 0.3) is 0 Å². The predicted octanol–water partition coefficient (Wildman–Crippen LogP) is 7.09. The molecule has 0 saturated heterocycles. The first-order valence-corrected chi connectivity index (χ1v) is 10.7. The summed E-state index contributed by atoms with van der Waals surface area (Å²) in [5.74, 6) is 1.50. The zero-order valence-corrected chi connectivity index (χ0v) is 16.7. The molecule has 1 aliphatic carbocycles. The van der Waals surface area contributed by atoms with E-state index in [2.05, 4.69) is 27.7 Å². The van der Waals surface area contributed by atoms with E-state index in [1.807, 2.05) is 0 Å². The molecule has 0 bridgehead atoms. The number of nitrogens with two attached hydrogens (primary N) is 1. The summed E-state index contributed by atoms with van der Waals surface area (Å²) < 4.78 is 0. The van der Waals surface area contributed by atoms with Gasteiger partial charge in [-0.3, -0.25) is 0 Å². The molecule has 0 radical (unpaired) electrons. The zero-order chi connectivity index (χ0) is 17.1.